The van der Waals surface area contributed by atoms with Gasteiger partial charge in [-0.1, -0.05) is 65.5 Å². The van der Waals surface area contributed by atoms with Crippen LogP contribution in [-0.4, -0.2) is 44.4 Å². The molecule has 0 radical (unpaired) electrons. The summed E-state index contributed by atoms with van der Waals surface area (Å²) in [7, 11) is 0. The summed E-state index contributed by atoms with van der Waals surface area (Å²) in [5.41, 5.74) is 2.70. The summed E-state index contributed by atoms with van der Waals surface area (Å²) in [5.74, 6) is 5.40. The number of hydrogen-bond donors (Lipinski definition) is 1. The summed E-state index contributed by atoms with van der Waals surface area (Å²) in [6, 6.07) is 0. The fourth-order valence-corrected chi connectivity index (χ4v) is 9.45. The Morgan fingerprint density at radius 3 is 2.51 bits per heavy atom. The second-order valence-corrected chi connectivity index (χ2v) is 14.0. The van der Waals surface area contributed by atoms with Gasteiger partial charge in [-0.3, -0.25) is 0 Å². The second-order valence-electron chi connectivity index (χ2n) is 14.0. The number of ether oxygens (including phenoxy) is 3. The second kappa shape index (κ2) is 13.3. The number of hydrogen-bond acceptors (Lipinski definition) is 4. The van der Waals surface area contributed by atoms with Crippen molar-refractivity contribution in [3.63, 3.8) is 0 Å². The van der Waals surface area contributed by atoms with E-state index >= 15 is 0 Å². The van der Waals surface area contributed by atoms with E-state index in [9.17, 15) is 0 Å². The molecule has 0 spiro atoms. The minimum Gasteiger partial charge on any atom is -0.394 e. The molecule has 4 heteroatoms. The Bertz CT molecular complexity index is 734. The van der Waals surface area contributed by atoms with Crippen molar-refractivity contribution in [2.45, 2.75) is 118 Å². The van der Waals surface area contributed by atoms with Crippen molar-refractivity contribution in [3.8, 4) is 0 Å². The van der Waals surface area contributed by atoms with E-state index in [-0.39, 0.29) is 13.4 Å². The summed E-state index contributed by atoms with van der Waals surface area (Å²) >= 11 is 0. The highest BCUT2D eigenvalue weighted by Gasteiger charge is 2.59. The molecule has 4 rings (SSSR count). The maximum Gasteiger partial charge on any atom is 0.146 e. The van der Waals surface area contributed by atoms with Crippen molar-refractivity contribution < 1.29 is 19.3 Å². The largest absolute Gasteiger partial charge is 0.394 e. The Morgan fingerprint density at radius 2 is 1.73 bits per heavy atom. The van der Waals surface area contributed by atoms with Crippen LogP contribution in [0, 0.1) is 46.3 Å². The maximum atomic E-state index is 8.73. The van der Waals surface area contributed by atoms with Crippen LogP contribution in [0.25, 0.3) is 0 Å². The van der Waals surface area contributed by atoms with Gasteiger partial charge in [0.15, 0.2) is 0 Å². The van der Waals surface area contributed by atoms with Crippen LogP contribution in [0.4, 0.5) is 0 Å². The van der Waals surface area contributed by atoms with Gasteiger partial charge in [0, 0.05) is 6.61 Å². The molecule has 214 valence electrons. The smallest absolute Gasteiger partial charge is 0.146 e. The highest BCUT2D eigenvalue weighted by Crippen LogP contribution is 2.67. The van der Waals surface area contributed by atoms with E-state index in [1.807, 2.05) is 0 Å². The Labute approximate surface area is 228 Å². The molecular weight excluding hydrogens is 460 g/mol. The fraction of sp³-hybridized carbons (Fsp3) is 0.939. The lowest BCUT2D eigenvalue weighted by Gasteiger charge is -2.58. The number of aliphatic hydroxyl groups excluding tert-OH is 1. The van der Waals surface area contributed by atoms with Gasteiger partial charge < -0.3 is 19.3 Å². The van der Waals surface area contributed by atoms with Gasteiger partial charge in [0.2, 0.25) is 0 Å². The molecule has 0 aromatic carbocycles. The molecule has 37 heavy (non-hydrogen) atoms. The molecule has 0 aliphatic heterocycles. The molecule has 1 unspecified atom stereocenters. The molecule has 1 N–H and O–H groups in total. The average molecular weight is 519 g/mol. The van der Waals surface area contributed by atoms with E-state index in [1.54, 1.807) is 5.57 Å². The molecular formula is C33H58O4. The lowest BCUT2D eigenvalue weighted by atomic mass is 9.47. The van der Waals surface area contributed by atoms with E-state index in [0.29, 0.717) is 30.1 Å². The van der Waals surface area contributed by atoms with Crippen LogP contribution < -0.4 is 0 Å². The number of fused-ring (bicyclic) bond motifs is 5. The SMILES string of the molecule is CC(C)CCC[C@@H](C)[C@H]1CC[C@H]2[C@@H]3CC=C4CC(OCCCOCOCCO)CC[C@]4(C)[C@H]3CC[C@]12C. The molecule has 4 aliphatic carbocycles. The molecule has 8 atom stereocenters. The first-order chi connectivity index (χ1) is 17.8. The molecule has 4 nitrogen and oxygen atoms in total. The first-order valence-electron chi connectivity index (χ1n) is 15.9. The Hall–Kier alpha value is -0.420. The van der Waals surface area contributed by atoms with Gasteiger partial charge in [0.05, 0.1) is 25.9 Å². The predicted molar refractivity (Wildman–Crippen MR) is 151 cm³/mol. The first kappa shape index (κ1) is 29.6. The number of aliphatic hydroxyl groups is 1. The Kier molecular flexibility index (Phi) is 10.6. The van der Waals surface area contributed by atoms with Crippen LogP contribution in [0.15, 0.2) is 11.6 Å². The van der Waals surface area contributed by atoms with Crippen LogP contribution in [0.5, 0.6) is 0 Å². The minimum absolute atomic E-state index is 0.0444. The zero-order chi connectivity index (χ0) is 26.5. The first-order valence-corrected chi connectivity index (χ1v) is 15.9. The number of rotatable bonds is 14. The van der Waals surface area contributed by atoms with Crippen LogP contribution in [0.1, 0.15) is 112 Å². The van der Waals surface area contributed by atoms with Crippen molar-refractivity contribution in [1.29, 1.82) is 0 Å². The van der Waals surface area contributed by atoms with Crippen LogP contribution in [-0.2, 0) is 14.2 Å². The predicted octanol–water partition coefficient (Wildman–Crippen LogP) is 7.79. The van der Waals surface area contributed by atoms with Gasteiger partial charge in [-0.05, 0) is 104 Å². The highest BCUT2D eigenvalue weighted by atomic mass is 16.7. The van der Waals surface area contributed by atoms with Gasteiger partial charge in [-0.15, -0.1) is 0 Å². The van der Waals surface area contributed by atoms with Crippen LogP contribution in [0.3, 0.4) is 0 Å². The maximum absolute atomic E-state index is 8.73. The van der Waals surface area contributed by atoms with Crippen molar-refractivity contribution in [1.82, 2.24) is 0 Å². The summed E-state index contributed by atoms with van der Waals surface area (Å²) in [6.07, 6.45) is 19.0. The zero-order valence-corrected chi connectivity index (χ0v) is 24.8. The summed E-state index contributed by atoms with van der Waals surface area (Å²) in [4.78, 5) is 0. The quantitative estimate of drug-likeness (QED) is 0.145. The van der Waals surface area contributed by atoms with Crippen molar-refractivity contribution in [3.05, 3.63) is 11.6 Å². The summed E-state index contributed by atoms with van der Waals surface area (Å²) in [6.45, 7) is 14.7. The third-order valence-corrected chi connectivity index (χ3v) is 11.4. The standard InChI is InChI=1S/C33H58O4/c1-24(2)8-6-9-25(3)29-12-13-30-28-11-10-26-22-27(37-20-7-19-35-23-36-21-18-34)14-16-32(26,4)31(28)15-17-33(29,30)5/h10,24-25,27-31,34H,6-9,11-23H2,1-5H3/t25-,27?,28+,29-,30+,31+,32+,33-/m1/s1. The lowest BCUT2D eigenvalue weighted by Crippen LogP contribution is -2.51. The van der Waals surface area contributed by atoms with E-state index in [2.05, 4.69) is 40.7 Å². The van der Waals surface area contributed by atoms with Crippen molar-refractivity contribution in [2.75, 3.05) is 33.2 Å². The Morgan fingerprint density at radius 1 is 0.919 bits per heavy atom. The molecule has 3 fully saturated rings. The zero-order valence-electron chi connectivity index (χ0n) is 24.8. The van der Waals surface area contributed by atoms with Gasteiger partial charge in [0.25, 0.3) is 0 Å². The van der Waals surface area contributed by atoms with Gasteiger partial charge >= 0.3 is 0 Å². The molecule has 4 aliphatic rings. The van der Waals surface area contributed by atoms with Gasteiger partial charge in [-0.2, -0.15) is 0 Å². The van der Waals surface area contributed by atoms with E-state index in [1.165, 1.54) is 64.2 Å². The molecule has 0 heterocycles. The van der Waals surface area contributed by atoms with Crippen LogP contribution in [0.2, 0.25) is 0 Å². The Balaban J connectivity index is 1.29. The fourth-order valence-electron chi connectivity index (χ4n) is 9.45. The molecule has 0 aromatic rings. The lowest BCUT2D eigenvalue weighted by molar-refractivity contribution is -0.0754. The van der Waals surface area contributed by atoms with E-state index < -0.39 is 0 Å². The van der Waals surface area contributed by atoms with Gasteiger partial charge in [-0.25, -0.2) is 0 Å². The third-order valence-electron chi connectivity index (χ3n) is 11.4. The van der Waals surface area contributed by atoms with Crippen LogP contribution >= 0.6 is 0 Å². The third kappa shape index (κ3) is 6.67. The van der Waals surface area contributed by atoms with Crippen molar-refractivity contribution >= 4 is 0 Å². The van der Waals surface area contributed by atoms with Gasteiger partial charge in [0.1, 0.15) is 6.79 Å². The molecule has 0 bridgehead atoms. The average Bonchev–Trinajstić information content (AvgIpc) is 3.22. The molecule has 0 saturated heterocycles. The molecule has 3 saturated carbocycles. The highest BCUT2D eigenvalue weighted by molar-refractivity contribution is 5.25. The summed E-state index contributed by atoms with van der Waals surface area (Å²) < 4.78 is 16.9. The van der Waals surface area contributed by atoms with E-state index in [0.717, 1.165) is 55.0 Å². The molecule has 0 amide bonds. The van der Waals surface area contributed by atoms with Crippen molar-refractivity contribution in [2.24, 2.45) is 46.3 Å². The summed E-state index contributed by atoms with van der Waals surface area (Å²) in [5, 5.41) is 8.73. The molecule has 0 aromatic heterocycles. The number of allylic oxidation sites excluding steroid dienone is 1. The topological polar surface area (TPSA) is 47.9 Å². The van der Waals surface area contributed by atoms with E-state index in [4.69, 9.17) is 19.3 Å². The monoisotopic (exact) mass is 518 g/mol. The normalized spacial score (nSPS) is 38.1. The minimum atomic E-state index is 0.0444.